The van der Waals surface area contributed by atoms with Crippen molar-refractivity contribution in [1.82, 2.24) is 14.8 Å². The number of aromatic nitrogens is 3. The largest absolute Gasteiger partial charge is 0.486 e. The highest BCUT2D eigenvalue weighted by atomic mass is 19.4. The van der Waals surface area contributed by atoms with Gasteiger partial charge in [0.05, 0.1) is 5.56 Å². The molecule has 0 aliphatic carbocycles. The monoisotopic (exact) mass is 449 g/mol. The van der Waals surface area contributed by atoms with Crippen molar-refractivity contribution in [3.8, 4) is 22.9 Å². The quantitative estimate of drug-likeness (QED) is 0.531. The number of benzene rings is 2. The van der Waals surface area contributed by atoms with Crippen molar-refractivity contribution in [2.45, 2.75) is 45.7 Å². The van der Waals surface area contributed by atoms with Crippen LogP contribution in [0.5, 0.6) is 11.5 Å². The van der Waals surface area contributed by atoms with Crippen LogP contribution in [0.15, 0.2) is 48.5 Å². The zero-order valence-corrected chi connectivity index (χ0v) is 17.7. The summed E-state index contributed by atoms with van der Waals surface area (Å²) in [6, 6.07) is 11.1. The van der Waals surface area contributed by atoms with Crippen molar-refractivity contribution in [3.63, 3.8) is 0 Å². The standard InChI is InChI=1S/C22H22F3N3O4/c1-4-28-18(26-19(27-28)14-5-7-15(8-6-14)22(23,24)25)13-31-16-9-11-17(12-10-16)32-21(2,3)20(29)30/h5-12H,4,13H2,1-3H3,(H,29,30). The first-order valence-corrected chi connectivity index (χ1v) is 9.76. The van der Waals surface area contributed by atoms with E-state index < -0.39 is 23.3 Å². The van der Waals surface area contributed by atoms with Crippen LogP contribution in [0.3, 0.4) is 0 Å². The molecule has 0 radical (unpaired) electrons. The molecule has 0 saturated heterocycles. The lowest BCUT2D eigenvalue weighted by atomic mass is 10.1. The zero-order valence-electron chi connectivity index (χ0n) is 17.7. The Labute approximate surface area is 182 Å². The molecule has 0 atom stereocenters. The highest BCUT2D eigenvalue weighted by molar-refractivity contribution is 5.76. The van der Waals surface area contributed by atoms with Crippen LogP contribution in [0.2, 0.25) is 0 Å². The minimum Gasteiger partial charge on any atom is -0.486 e. The predicted molar refractivity (Wildman–Crippen MR) is 109 cm³/mol. The maximum atomic E-state index is 12.8. The normalized spacial score (nSPS) is 11.9. The molecule has 0 spiro atoms. The summed E-state index contributed by atoms with van der Waals surface area (Å²) < 4.78 is 51.1. The first kappa shape index (κ1) is 23.1. The van der Waals surface area contributed by atoms with E-state index in [-0.39, 0.29) is 6.61 Å². The average molecular weight is 449 g/mol. The van der Waals surface area contributed by atoms with Crippen LogP contribution in [-0.4, -0.2) is 31.4 Å². The Balaban J connectivity index is 1.69. The predicted octanol–water partition coefficient (Wildman–Crippen LogP) is 4.80. The van der Waals surface area contributed by atoms with Crippen LogP contribution in [0.1, 0.15) is 32.2 Å². The van der Waals surface area contributed by atoms with Gasteiger partial charge in [0.1, 0.15) is 18.1 Å². The molecule has 1 heterocycles. The third-order valence-corrected chi connectivity index (χ3v) is 4.60. The van der Waals surface area contributed by atoms with Crippen molar-refractivity contribution < 1.29 is 32.5 Å². The topological polar surface area (TPSA) is 86.5 Å². The molecule has 2 aromatic carbocycles. The number of alkyl halides is 3. The molecule has 0 saturated carbocycles. The van der Waals surface area contributed by atoms with E-state index in [1.54, 1.807) is 28.9 Å². The molecular weight excluding hydrogens is 427 g/mol. The fourth-order valence-corrected chi connectivity index (χ4v) is 2.76. The second-order valence-electron chi connectivity index (χ2n) is 7.42. The van der Waals surface area contributed by atoms with Crippen LogP contribution in [0, 0.1) is 0 Å². The molecule has 0 amide bonds. The molecule has 0 aliphatic rings. The van der Waals surface area contributed by atoms with E-state index in [1.165, 1.54) is 26.0 Å². The SMILES string of the molecule is CCn1nc(-c2ccc(C(F)(F)F)cc2)nc1COc1ccc(OC(C)(C)C(=O)O)cc1. The number of carboxylic acids is 1. The number of halogens is 3. The molecule has 1 aromatic heterocycles. The molecule has 170 valence electrons. The van der Waals surface area contributed by atoms with Crippen molar-refractivity contribution >= 4 is 5.97 Å². The Hall–Kier alpha value is -3.56. The van der Waals surface area contributed by atoms with E-state index in [1.807, 2.05) is 6.92 Å². The maximum absolute atomic E-state index is 12.8. The lowest BCUT2D eigenvalue weighted by molar-refractivity contribution is -0.152. The fraction of sp³-hybridized carbons (Fsp3) is 0.318. The van der Waals surface area contributed by atoms with Gasteiger partial charge in [0.25, 0.3) is 0 Å². The van der Waals surface area contributed by atoms with Gasteiger partial charge in [-0.15, -0.1) is 0 Å². The van der Waals surface area contributed by atoms with Gasteiger partial charge in [0, 0.05) is 12.1 Å². The molecule has 3 aromatic rings. The number of aryl methyl sites for hydroxylation is 1. The van der Waals surface area contributed by atoms with E-state index in [9.17, 15) is 18.0 Å². The third kappa shape index (κ3) is 5.37. The number of nitrogens with zero attached hydrogens (tertiary/aromatic N) is 3. The summed E-state index contributed by atoms with van der Waals surface area (Å²) in [5.41, 5.74) is -1.64. The molecule has 0 unspecified atom stereocenters. The number of carbonyl (C=O) groups is 1. The summed E-state index contributed by atoms with van der Waals surface area (Å²) in [6.07, 6.45) is -4.41. The number of aliphatic carboxylic acids is 1. The van der Waals surface area contributed by atoms with E-state index in [0.29, 0.717) is 35.3 Å². The zero-order chi connectivity index (χ0) is 23.5. The van der Waals surface area contributed by atoms with Gasteiger partial charge in [-0.3, -0.25) is 0 Å². The van der Waals surface area contributed by atoms with Gasteiger partial charge in [0.2, 0.25) is 0 Å². The summed E-state index contributed by atoms with van der Waals surface area (Å²) in [5, 5.41) is 13.5. The van der Waals surface area contributed by atoms with E-state index in [4.69, 9.17) is 14.6 Å². The van der Waals surface area contributed by atoms with E-state index in [0.717, 1.165) is 12.1 Å². The van der Waals surface area contributed by atoms with E-state index >= 15 is 0 Å². The lowest BCUT2D eigenvalue weighted by Crippen LogP contribution is -2.37. The first-order chi connectivity index (χ1) is 15.0. The van der Waals surface area contributed by atoms with Crippen LogP contribution in [0.25, 0.3) is 11.4 Å². The summed E-state index contributed by atoms with van der Waals surface area (Å²) in [5.74, 6) is 0.618. The molecule has 0 fully saturated rings. The molecule has 0 aliphatic heterocycles. The summed E-state index contributed by atoms with van der Waals surface area (Å²) >= 11 is 0. The van der Waals surface area contributed by atoms with Gasteiger partial charge in [-0.25, -0.2) is 14.5 Å². The second kappa shape index (κ2) is 8.89. The lowest BCUT2D eigenvalue weighted by Gasteiger charge is -2.21. The molecule has 10 heteroatoms. The summed E-state index contributed by atoms with van der Waals surface area (Å²) in [7, 11) is 0. The van der Waals surface area contributed by atoms with Crippen LogP contribution in [0.4, 0.5) is 13.2 Å². The highest BCUT2D eigenvalue weighted by Gasteiger charge is 2.30. The van der Waals surface area contributed by atoms with Gasteiger partial charge >= 0.3 is 12.1 Å². The van der Waals surface area contributed by atoms with Crippen LogP contribution < -0.4 is 9.47 Å². The highest BCUT2D eigenvalue weighted by Crippen LogP contribution is 2.30. The van der Waals surface area contributed by atoms with E-state index in [2.05, 4.69) is 10.1 Å². The maximum Gasteiger partial charge on any atom is 0.416 e. The number of hydrogen-bond donors (Lipinski definition) is 1. The molecule has 7 nitrogen and oxygen atoms in total. The number of carboxylic acid groups (broad SMARTS) is 1. The van der Waals surface area contributed by atoms with Crippen LogP contribution >= 0.6 is 0 Å². The molecule has 0 bridgehead atoms. The van der Waals surface area contributed by atoms with Gasteiger partial charge in [0.15, 0.2) is 17.2 Å². The number of ether oxygens (including phenoxy) is 2. The second-order valence-corrected chi connectivity index (χ2v) is 7.42. The molecule has 1 N–H and O–H groups in total. The van der Waals surface area contributed by atoms with Crippen LogP contribution in [-0.2, 0) is 24.1 Å². The number of hydrogen-bond acceptors (Lipinski definition) is 5. The van der Waals surface area contributed by atoms with Crippen molar-refractivity contribution in [2.75, 3.05) is 0 Å². The smallest absolute Gasteiger partial charge is 0.416 e. The Morgan fingerprint density at radius 2 is 1.62 bits per heavy atom. The van der Waals surface area contributed by atoms with Gasteiger partial charge in [-0.2, -0.15) is 18.3 Å². The number of rotatable bonds is 8. The summed E-state index contributed by atoms with van der Waals surface area (Å²) in [4.78, 5) is 15.6. The van der Waals surface area contributed by atoms with Crippen molar-refractivity contribution in [2.24, 2.45) is 0 Å². The summed E-state index contributed by atoms with van der Waals surface area (Å²) in [6.45, 7) is 5.36. The Bertz CT molecular complexity index is 1080. The minimum absolute atomic E-state index is 0.0856. The van der Waals surface area contributed by atoms with Gasteiger partial charge < -0.3 is 14.6 Å². The Morgan fingerprint density at radius 1 is 1.03 bits per heavy atom. The van der Waals surface area contributed by atoms with Gasteiger partial charge in [-0.05, 0) is 57.2 Å². The Morgan fingerprint density at radius 3 is 2.16 bits per heavy atom. The first-order valence-electron chi connectivity index (χ1n) is 9.76. The Kier molecular flexibility index (Phi) is 6.42. The molecular formula is C22H22F3N3O4. The van der Waals surface area contributed by atoms with Crippen molar-refractivity contribution in [3.05, 3.63) is 59.9 Å². The average Bonchev–Trinajstić information content (AvgIpc) is 3.16. The van der Waals surface area contributed by atoms with Crippen molar-refractivity contribution in [1.29, 1.82) is 0 Å². The van der Waals surface area contributed by atoms with Gasteiger partial charge in [-0.1, -0.05) is 12.1 Å². The molecule has 32 heavy (non-hydrogen) atoms. The fourth-order valence-electron chi connectivity index (χ4n) is 2.76. The molecule has 3 rings (SSSR count). The third-order valence-electron chi connectivity index (χ3n) is 4.60. The minimum atomic E-state index is -4.41.